The molecule has 0 bridgehead atoms. The van der Waals surface area contributed by atoms with Crippen LogP contribution in [0.15, 0.2) is 51.4 Å². The van der Waals surface area contributed by atoms with E-state index >= 15 is 0 Å². The van der Waals surface area contributed by atoms with Gasteiger partial charge in [-0.25, -0.2) is 8.42 Å². The van der Waals surface area contributed by atoms with E-state index in [-0.39, 0.29) is 5.75 Å². The molecule has 0 aliphatic heterocycles. The minimum atomic E-state index is -3.47. The summed E-state index contributed by atoms with van der Waals surface area (Å²) in [5.41, 5.74) is 7.55. The molecule has 0 fully saturated rings. The van der Waals surface area contributed by atoms with Gasteiger partial charge in [0.1, 0.15) is 0 Å². The maximum atomic E-state index is 12.2. The highest BCUT2D eigenvalue weighted by atomic mass is 79.9. The molecule has 0 aliphatic carbocycles. The molecule has 2 rings (SSSR count). The molecule has 0 spiro atoms. The molecule has 2 aromatic rings. The van der Waals surface area contributed by atoms with Gasteiger partial charge in [-0.1, -0.05) is 46.3 Å². The first-order valence-corrected chi connectivity index (χ1v) is 9.40. The van der Waals surface area contributed by atoms with Crippen molar-refractivity contribution in [3.05, 3.63) is 57.0 Å². The van der Waals surface area contributed by atoms with Crippen LogP contribution >= 0.6 is 31.9 Å². The van der Waals surface area contributed by atoms with Gasteiger partial charge >= 0.3 is 0 Å². The Morgan fingerprint density at radius 2 is 1.76 bits per heavy atom. The van der Waals surface area contributed by atoms with E-state index in [4.69, 9.17) is 5.73 Å². The maximum Gasteiger partial charge on any atom is 0.233 e. The van der Waals surface area contributed by atoms with Crippen molar-refractivity contribution in [1.82, 2.24) is 0 Å². The van der Waals surface area contributed by atoms with Crippen LogP contribution in [-0.2, 0) is 16.4 Å². The third-order valence-corrected chi connectivity index (χ3v) is 5.19. The summed E-state index contributed by atoms with van der Waals surface area (Å²) < 4.78 is 28.2. The Morgan fingerprint density at radius 1 is 1.10 bits per heavy atom. The second-order valence-electron chi connectivity index (χ2n) is 4.51. The number of anilines is 2. The van der Waals surface area contributed by atoms with E-state index in [2.05, 4.69) is 36.6 Å². The molecule has 0 atom stereocenters. The highest BCUT2D eigenvalue weighted by Gasteiger charge is 2.15. The number of sulfonamides is 1. The number of halogens is 2. The number of rotatable bonds is 5. The van der Waals surface area contributed by atoms with E-state index in [1.807, 2.05) is 30.3 Å². The quantitative estimate of drug-likeness (QED) is 0.704. The molecule has 0 saturated heterocycles. The van der Waals surface area contributed by atoms with Crippen molar-refractivity contribution in [3.8, 4) is 0 Å². The number of nitrogens with two attached hydrogens (primary N) is 1. The minimum absolute atomic E-state index is 0.00103. The molecule has 0 unspecified atom stereocenters. The normalized spacial score (nSPS) is 11.3. The first-order valence-electron chi connectivity index (χ1n) is 6.16. The summed E-state index contributed by atoms with van der Waals surface area (Å²) in [6.45, 7) is 0. The van der Waals surface area contributed by atoms with Crippen molar-refractivity contribution < 1.29 is 8.42 Å². The standard InChI is InChI=1S/C14H14Br2N2O2S/c15-11-8-12(16)14(13(17)9-11)18-21(19,20)7-6-10-4-2-1-3-5-10/h1-5,8-9,18H,6-7,17H2. The van der Waals surface area contributed by atoms with Crippen LogP contribution < -0.4 is 10.5 Å². The number of hydrogen-bond acceptors (Lipinski definition) is 3. The van der Waals surface area contributed by atoms with Crippen LogP contribution in [0.3, 0.4) is 0 Å². The van der Waals surface area contributed by atoms with E-state index in [1.54, 1.807) is 12.1 Å². The van der Waals surface area contributed by atoms with Gasteiger partial charge in [0.2, 0.25) is 10.0 Å². The topological polar surface area (TPSA) is 72.2 Å². The van der Waals surface area contributed by atoms with Crippen molar-refractivity contribution in [3.63, 3.8) is 0 Å². The molecule has 2 aromatic carbocycles. The Labute approximate surface area is 141 Å². The number of benzene rings is 2. The van der Waals surface area contributed by atoms with Gasteiger partial charge in [0.15, 0.2) is 0 Å². The molecule has 0 amide bonds. The average molecular weight is 434 g/mol. The van der Waals surface area contributed by atoms with Gasteiger partial charge in [-0.15, -0.1) is 0 Å². The van der Waals surface area contributed by atoms with Crippen LogP contribution in [0.5, 0.6) is 0 Å². The van der Waals surface area contributed by atoms with Crippen LogP contribution in [0.1, 0.15) is 5.56 Å². The largest absolute Gasteiger partial charge is 0.397 e. The van der Waals surface area contributed by atoms with Gasteiger partial charge in [-0.05, 0) is 40.0 Å². The monoisotopic (exact) mass is 432 g/mol. The van der Waals surface area contributed by atoms with Crippen molar-refractivity contribution in [2.24, 2.45) is 0 Å². The minimum Gasteiger partial charge on any atom is -0.397 e. The van der Waals surface area contributed by atoms with Gasteiger partial charge < -0.3 is 5.73 Å². The summed E-state index contributed by atoms with van der Waals surface area (Å²) in [5, 5.41) is 0. The molecule has 21 heavy (non-hydrogen) atoms. The Kier molecular flexibility index (Phi) is 5.29. The molecule has 0 saturated carbocycles. The van der Waals surface area contributed by atoms with E-state index in [9.17, 15) is 8.42 Å². The van der Waals surface area contributed by atoms with Crippen molar-refractivity contribution in [2.75, 3.05) is 16.2 Å². The maximum absolute atomic E-state index is 12.2. The van der Waals surface area contributed by atoms with E-state index in [0.29, 0.717) is 22.3 Å². The summed E-state index contributed by atoms with van der Waals surface area (Å²) in [7, 11) is -3.47. The number of hydrogen-bond donors (Lipinski definition) is 2. The zero-order valence-corrected chi connectivity index (χ0v) is 15.0. The summed E-state index contributed by atoms with van der Waals surface area (Å²) in [6, 6.07) is 12.9. The first-order chi connectivity index (χ1) is 9.87. The molecule has 7 heteroatoms. The van der Waals surface area contributed by atoms with Crippen LogP contribution in [0, 0.1) is 0 Å². The fourth-order valence-corrected chi connectivity index (χ4v) is 4.44. The number of aryl methyl sites for hydroxylation is 1. The van der Waals surface area contributed by atoms with Gasteiger partial charge in [0.05, 0.1) is 17.1 Å². The number of nitrogens with one attached hydrogen (secondary N) is 1. The molecule has 0 aliphatic rings. The summed E-state index contributed by atoms with van der Waals surface area (Å²) in [4.78, 5) is 0. The van der Waals surface area contributed by atoms with Gasteiger partial charge in [0.25, 0.3) is 0 Å². The third kappa shape index (κ3) is 4.72. The Morgan fingerprint density at radius 3 is 2.38 bits per heavy atom. The summed E-state index contributed by atoms with van der Waals surface area (Å²) >= 11 is 6.61. The summed E-state index contributed by atoms with van der Waals surface area (Å²) in [5.74, 6) is -0.00103. The third-order valence-electron chi connectivity index (χ3n) is 2.85. The lowest BCUT2D eigenvalue weighted by molar-refractivity contribution is 0.600. The molecular weight excluding hydrogens is 420 g/mol. The van der Waals surface area contributed by atoms with Crippen molar-refractivity contribution in [2.45, 2.75) is 6.42 Å². The lowest BCUT2D eigenvalue weighted by atomic mass is 10.2. The summed E-state index contributed by atoms with van der Waals surface area (Å²) in [6.07, 6.45) is 0.449. The molecular formula is C14H14Br2N2O2S. The highest BCUT2D eigenvalue weighted by molar-refractivity contribution is 9.11. The van der Waals surface area contributed by atoms with Crippen LogP contribution in [0.4, 0.5) is 11.4 Å². The van der Waals surface area contributed by atoms with Gasteiger partial charge in [0, 0.05) is 8.95 Å². The lowest BCUT2D eigenvalue weighted by Gasteiger charge is -2.12. The smallest absolute Gasteiger partial charge is 0.233 e. The Hall–Kier alpha value is -1.05. The SMILES string of the molecule is Nc1cc(Br)cc(Br)c1NS(=O)(=O)CCc1ccccc1. The molecule has 4 nitrogen and oxygen atoms in total. The zero-order valence-electron chi connectivity index (χ0n) is 11.0. The average Bonchev–Trinajstić information content (AvgIpc) is 2.42. The first kappa shape index (κ1) is 16.3. The second-order valence-corrected chi connectivity index (χ2v) is 8.12. The lowest BCUT2D eigenvalue weighted by Crippen LogP contribution is -2.19. The van der Waals surface area contributed by atoms with E-state index < -0.39 is 10.0 Å². The van der Waals surface area contributed by atoms with Crippen molar-refractivity contribution in [1.29, 1.82) is 0 Å². The van der Waals surface area contributed by atoms with Crippen LogP contribution in [-0.4, -0.2) is 14.2 Å². The van der Waals surface area contributed by atoms with Crippen LogP contribution in [0.2, 0.25) is 0 Å². The molecule has 0 radical (unpaired) electrons. The zero-order chi connectivity index (χ0) is 15.5. The van der Waals surface area contributed by atoms with Crippen LogP contribution in [0.25, 0.3) is 0 Å². The van der Waals surface area contributed by atoms with E-state index in [1.165, 1.54) is 0 Å². The fraction of sp³-hybridized carbons (Fsp3) is 0.143. The molecule has 0 heterocycles. The highest BCUT2D eigenvalue weighted by Crippen LogP contribution is 2.33. The Bertz CT molecular complexity index is 711. The predicted molar refractivity (Wildman–Crippen MR) is 93.8 cm³/mol. The Balaban J connectivity index is 2.11. The van der Waals surface area contributed by atoms with Gasteiger partial charge in [-0.3, -0.25) is 4.72 Å². The molecule has 112 valence electrons. The van der Waals surface area contributed by atoms with Crippen molar-refractivity contribution >= 4 is 53.3 Å². The second kappa shape index (κ2) is 6.81. The van der Waals surface area contributed by atoms with E-state index in [0.717, 1.165) is 10.0 Å². The molecule has 3 N–H and O–H groups in total. The predicted octanol–water partition coefficient (Wildman–Crippen LogP) is 3.78. The molecule has 0 aromatic heterocycles. The van der Waals surface area contributed by atoms with Gasteiger partial charge in [-0.2, -0.15) is 0 Å². The number of nitrogen functional groups attached to an aromatic ring is 1. The fourth-order valence-electron chi connectivity index (χ4n) is 1.80.